The van der Waals surface area contributed by atoms with Crippen molar-refractivity contribution in [1.29, 1.82) is 0 Å². The van der Waals surface area contributed by atoms with E-state index in [1.807, 2.05) is 24.1 Å². The molecule has 2 rings (SSSR count). The summed E-state index contributed by atoms with van der Waals surface area (Å²) in [5, 5.41) is 8.84. The third kappa shape index (κ3) is 1.05. The van der Waals surface area contributed by atoms with Crippen molar-refractivity contribution in [2.75, 3.05) is 6.61 Å². The molecule has 0 amide bonds. The fourth-order valence-electron chi connectivity index (χ4n) is 1.54. The van der Waals surface area contributed by atoms with Gasteiger partial charge in [-0.1, -0.05) is 0 Å². The van der Waals surface area contributed by atoms with Gasteiger partial charge in [-0.05, 0) is 12.3 Å². The third-order valence-electron chi connectivity index (χ3n) is 2.39. The minimum atomic E-state index is 0.315. The number of aryl methyl sites for hydroxylation is 1. The van der Waals surface area contributed by atoms with Crippen LogP contribution < -0.4 is 0 Å². The predicted molar refractivity (Wildman–Crippen MR) is 41.1 cm³/mol. The molecule has 1 aliphatic carbocycles. The van der Waals surface area contributed by atoms with Crippen molar-refractivity contribution < 1.29 is 5.11 Å². The van der Waals surface area contributed by atoms with E-state index in [-0.39, 0.29) is 0 Å². The average Bonchev–Trinajstić information content (AvgIpc) is 2.68. The summed E-state index contributed by atoms with van der Waals surface area (Å²) in [7, 11) is 2.00. The molecule has 1 aromatic rings. The summed E-state index contributed by atoms with van der Waals surface area (Å²) >= 11 is 0. The Kier molecular flexibility index (Phi) is 1.46. The predicted octanol–water partition coefficient (Wildman–Crippen LogP) is 0.516. The molecule has 1 fully saturated rings. The molecule has 1 N–H and O–H groups in total. The Morgan fingerprint density at radius 3 is 3.09 bits per heavy atom. The quantitative estimate of drug-likeness (QED) is 0.670. The summed E-state index contributed by atoms with van der Waals surface area (Å²) < 4.78 is 2.03. The highest BCUT2D eigenvalue weighted by atomic mass is 16.3. The molecule has 1 aliphatic rings. The minimum Gasteiger partial charge on any atom is -0.396 e. The number of hydrogen-bond donors (Lipinski definition) is 1. The van der Waals surface area contributed by atoms with Crippen LogP contribution >= 0.6 is 0 Å². The van der Waals surface area contributed by atoms with E-state index >= 15 is 0 Å². The molecule has 1 aromatic heterocycles. The first-order valence-corrected chi connectivity index (χ1v) is 3.90. The maximum atomic E-state index is 8.84. The molecule has 2 atom stereocenters. The molecule has 11 heavy (non-hydrogen) atoms. The van der Waals surface area contributed by atoms with Crippen LogP contribution in [0, 0.1) is 5.92 Å². The minimum absolute atomic E-state index is 0.315. The van der Waals surface area contributed by atoms with Crippen molar-refractivity contribution in [2.24, 2.45) is 13.0 Å². The molecule has 3 nitrogen and oxygen atoms in total. The zero-order valence-electron chi connectivity index (χ0n) is 6.57. The van der Waals surface area contributed by atoms with Gasteiger partial charge in [-0.15, -0.1) is 0 Å². The SMILES string of the molecule is Cn1cncc1C1CC1CO. The number of aliphatic hydroxyl groups is 1. The first kappa shape index (κ1) is 6.85. The molecule has 0 saturated heterocycles. The fraction of sp³-hybridized carbons (Fsp3) is 0.625. The van der Waals surface area contributed by atoms with Crippen LogP contribution in [0.25, 0.3) is 0 Å². The second kappa shape index (κ2) is 2.34. The van der Waals surface area contributed by atoms with Gasteiger partial charge in [0.05, 0.1) is 6.33 Å². The van der Waals surface area contributed by atoms with Gasteiger partial charge in [-0.3, -0.25) is 0 Å². The van der Waals surface area contributed by atoms with Crippen molar-refractivity contribution in [3.8, 4) is 0 Å². The van der Waals surface area contributed by atoms with Crippen molar-refractivity contribution in [3.63, 3.8) is 0 Å². The van der Waals surface area contributed by atoms with Crippen LogP contribution in [-0.2, 0) is 7.05 Å². The first-order chi connectivity index (χ1) is 5.33. The summed E-state index contributed by atoms with van der Waals surface area (Å²) in [6.07, 6.45) is 4.82. The van der Waals surface area contributed by atoms with E-state index < -0.39 is 0 Å². The highest BCUT2D eigenvalue weighted by Crippen LogP contribution is 2.46. The van der Waals surface area contributed by atoms with Crippen LogP contribution in [0.4, 0.5) is 0 Å². The monoisotopic (exact) mass is 152 g/mol. The van der Waals surface area contributed by atoms with E-state index in [1.165, 1.54) is 5.69 Å². The van der Waals surface area contributed by atoms with Crippen molar-refractivity contribution in [1.82, 2.24) is 9.55 Å². The highest BCUT2D eigenvalue weighted by molar-refractivity contribution is 5.15. The molecule has 1 saturated carbocycles. The first-order valence-electron chi connectivity index (χ1n) is 3.90. The molecule has 60 valence electrons. The summed E-state index contributed by atoms with van der Waals surface area (Å²) in [5.41, 5.74) is 1.25. The molecule has 0 spiro atoms. The molecule has 1 heterocycles. The standard InChI is InChI=1S/C8H12N2O/c1-10-5-9-3-8(10)7-2-6(7)4-11/h3,5-7,11H,2,4H2,1H3. The Hall–Kier alpha value is -0.830. The maximum Gasteiger partial charge on any atom is 0.0945 e. The lowest BCUT2D eigenvalue weighted by Gasteiger charge is -1.98. The number of rotatable bonds is 2. The Morgan fingerprint density at radius 1 is 1.82 bits per heavy atom. The Bertz CT molecular complexity index is 256. The van der Waals surface area contributed by atoms with Crippen LogP contribution in [-0.4, -0.2) is 21.3 Å². The van der Waals surface area contributed by atoms with Crippen molar-refractivity contribution >= 4 is 0 Å². The Morgan fingerprint density at radius 2 is 2.64 bits per heavy atom. The van der Waals surface area contributed by atoms with E-state index in [0.29, 0.717) is 18.4 Å². The van der Waals surface area contributed by atoms with Crippen molar-refractivity contribution in [3.05, 3.63) is 18.2 Å². The van der Waals surface area contributed by atoms with E-state index in [2.05, 4.69) is 4.98 Å². The Balaban J connectivity index is 2.14. The molecule has 0 bridgehead atoms. The number of aliphatic hydroxyl groups excluding tert-OH is 1. The van der Waals surface area contributed by atoms with Gasteiger partial charge in [-0.25, -0.2) is 4.98 Å². The molecule has 3 heteroatoms. The zero-order chi connectivity index (χ0) is 7.84. The number of imidazole rings is 1. The second-order valence-corrected chi connectivity index (χ2v) is 3.21. The van der Waals surface area contributed by atoms with Gasteiger partial charge in [0.1, 0.15) is 0 Å². The van der Waals surface area contributed by atoms with Gasteiger partial charge in [0.2, 0.25) is 0 Å². The van der Waals surface area contributed by atoms with Gasteiger partial charge >= 0.3 is 0 Å². The van der Waals surface area contributed by atoms with Crippen LogP contribution in [0.1, 0.15) is 18.0 Å². The summed E-state index contributed by atoms with van der Waals surface area (Å²) in [6.45, 7) is 0.315. The van der Waals surface area contributed by atoms with Gasteiger partial charge in [0.25, 0.3) is 0 Å². The number of hydrogen-bond acceptors (Lipinski definition) is 2. The number of nitrogens with zero attached hydrogens (tertiary/aromatic N) is 2. The fourth-order valence-corrected chi connectivity index (χ4v) is 1.54. The van der Waals surface area contributed by atoms with E-state index in [1.54, 1.807) is 0 Å². The summed E-state index contributed by atoms with van der Waals surface area (Å²) in [5.74, 6) is 1.05. The summed E-state index contributed by atoms with van der Waals surface area (Å²) in [4.78, 5) is 4.03. The molecule has 0 radical (unpaired) electrons. The highest BCUT2D eigenvalue weighted by Gasteiger charge is 2.39. The van der Waals surface area contributed by atoms with Gasteiger partial charge in [0, 0.05) is 31.5 Å². The maximum absolute atomic E-state index is 8.84. The van der Waals surface area contributed by atoms with Crippen LogP contribution in [0.5, 0.6) is 0 Å². The largest absolute Gasteiger partial charge is 0.396 e. The van der Waals surface area contributed by atoms with Gasteiger partial charge in [0.15, 0.2) is 0 Å². The second-order valence-electron chi connectivity index (χ2n) is 3.21. The van der Waals surface area contributed by atoms with E-state index in [9.17, 15) is 0 Å². The third-order valence-corrected chi connectivity index (χ3v) is 2.39. The van der Waals surface area contributed by atoms with Gasteiger partial charge in [-0.2, -0.15) is 0 Å². The van der Waals surface area contributed by atoms with E-state index in [0.717, 1.165) is 6.42 Å². The zero-order valence-corrected chi connectivity index (χ0v) is 6.57. The van der Waals surface area contributed by atoms with Crippen LogP contribution in [0.15, 0.2) is 12.5 Å². The van der Waals surface area contributed by atoms with Crippen molar-refractivity contribution in [2.45, 2.75) is 12.3 Å². The Labute approximate surface area is 65.7 Å². The van der Waals surface area contributed by atoms with E-state index in [4.69, 9.17) is 5.11 Å². The van der Waals surface area contributed by atoms with Gasteiger partial charge < -0.3 is 9.67 Å². The molecular weight excluding hydrogens is 140 g/mol. The molecule has 2 unspecified atom stereocenters. The lowest BCUT2D eigenvalue weighted by Crippen LogP contribution is -1.95. The molecule has 0 aromatic carbocycles. The molecule has 0 aliphatic heterocycles. The molecular formula is C8H12N2O. The normalized spacial score (nSPS) is 28.9. The van der Waals surface area contributed by atoms with Crippen LogP contribution in [0.3, 0.4) is 0 Å². The average molecular weight is 152 g/mol. The smallest absolute Gasteiger partial charge is 0.0945 e. The lowest BCUT2D eigenvalue weighted by molar-refractivity contribution is 0.273. The summed E-state index contributed by atoms with van der Waals surface area (Å²) in [6, 6.07) is 0. The lowest BCUT2D eigenvalue weighted by atomic mass is 10.2. The topological polar surface area (TPSA) is 38.0 Å². The number of aromatic nitrogens is 2. The van der Waals surface area contributed by atoms with Crippen LogP contribution in [0.2, 0.25) is 0 Å².